The molecule has 0 atom stereocenters. The Kier molecular flexibility index (Phi) is 5.16. The molecule has 0 unspecified atom stereocenters. The van der Waals surface area contributed by atoms with E-state index in [0.29, 0.717) is 30.3 Å². The summed E-state index contributed by atoms with van der Waals surface area (Å²) in [6, 6.07) is 11.4. The number of ether oxygens (including phenoxy) is 2. The average molecular weight is 395 g/mol. The molecule has 0 spiro atoms. The number of urea groups is 1. The molecule has 2 heterocycles. The number of methoxy groups -OCH3 is 2. The van der Waals surface area contributed by atoms with Gasteiger partial charge in [-0.25, -0.2) is 9.78 Å². The SMILES string of the molecule is COc1ccc(NC(=O)N2CCN(c3nc4ccc(C)cc4[nH]3)CC2)cc1OC. The Morgan fingerprint density at radius 3 is 2.52 bits per heavy atom. The summed E-state index contributed by atoms with van der Waals surface area (Å²) in [5.41, 5.74) is 3.86. The van der Waals surface area contributed by atoms with Crippen LogP contribution in [0.4, 0.5) is 16.4 Å². The van der Waals surface area contributed by atoms with Crippen molar-refractivity contribution in [1.82, 2.24) is 14.9 Å². The number of nitrogens with one attached hydrogen (secondary N) is 2. The third-order valence-electron chi connectivity index (χ3n) is 5.13. The van der Waals surface area contributed by atoms with E-state index in [1.54, 1.807) is 37.3 Å². The first-order chi connectivity index (χ1) is 14.1. The van der Waals surface area contributed by atoms with Crippen LogP contribution in [0, 0.1) is 6.92 Å². The fourth-order valence-corrected chi connectivity index (χ4v) is 3.50. The highest BCUT2D eigenvalue weighted by atomic mass is 16.5. The first-order valence-electron chi connectivity index (χ1n) is 9.56. The summed E-state index contributed by atoms with van der Waals surface area (Å²) in [4.78, 5) is 24.7. The average Bonchev–Trinajstić information content (AvgIpc) is 3.17. The summed E-state index contributed by atoms with van der Waals surface area (Å²) in [7, 11) is 3.15. The van der Waals surface area contributed by atoms with Gasteiger partial charge in [-0.1, -0.05) is 6.07 Å². The first kappa shape index (κ1) is 18.9. The molecule has 0 radical (unpaired) electrons. The number of hydrogen-bond acceptors (Lipinski definition) is 5. The monoisotopic (exact) mass is 395 g/mol. The van der Waals surface area contributed by atoms with Gasteiger partial charge in [0.15, 0.2) is 11.5 Å². The van der Waals surface area contributed by atoms with E-state index in [2.05, 4.69) is 39.2 Å². The molecule has 1 aliphatic heterocycles. The molecular formula is C21H25N5O3. The van der Waals surface area contributed by atoms with Gasteiger partial charge in [0.2, 0.25) is 5.95 Å². The molecule has 0 bridgehead atoms. The molecule has 4 rings (SSSR count). The quantitative estimate of drug-likeness (QED) is 0.709. The zero-order valence-electron chi connectivity index (χ0n) is 16.9. The van der Waals surface area contributed by atoms with E-state index >= 15 is 0 Å². The number of imidazole rings is 1. The van der Waals surface area contributed by atoms with Gasteiger partial charge in [-0.05, 0) is 36.8 Å². The van der Waals surface area contributed by atoms with E-state index in [-0.39, 0.29) is 6.03 Å². The number of aryl methyl sites for hydroxylation is 1. The van der Waals surface area contributed by atoms with Gasteiger partial charge in [-0.2, -0.15) is 0 Å². The van der Waals surface area contributed by atoms with E-state index in [1.165, 1.54) is 5.56 Å². The Bertz CT molecular complexity index is 1020. The predicted molar refractivity (Wildman–Crippen MR) is 113 cm³/mol. The van der Waals surface area contributed by atoms with Gasteiger partial charge in [-0.3, -0.25) is 0 Å². The van der Waals surface area contributed by atoms with Crippen LogP contribution >= 0.6 is 0 Å². The number of piperazine rings is 1. The molecule has 0 aliphatic carbocycles. The van der Waals surface area contributed by atoms with E-state index in [9.17, 15) is 4.79 Å². The summed E-state index contributed by atoms with van der Waals surface area (Å²) in [6.45, 7) is 4.75. The fourth-order valence-electron chi connectivity index (χ4n) is 3.50. The van der Waals surface area contributed by atoms with Crippen LogP contribution in [0.3, 0.4) is 0 Å². The second-order valence-corrected chi connectivity index (χ2v) is 7.06. The minimum atomic E-state index is -0.128. The van der Waals surface area contributed by atoms with Crippen LogP contribution in [0.1, 0.15) is 5.56 Å². The number of rotatable bonds is 4. The van der Waals surface area contributed by atoms with Crippen molar-refractivity contribution < 1.29 is 14.3 Å². The normalized spacial score (nSPS) is 14.2. The van der Waals surface area contributed by atoms with Crippen molar-refractivity contribution in [3.8, 4) is 11.5 Å². The molecule has 152 valence electrons. The molecule has 8 nitrogen and oxygen atoms in total. The third kappa shape index (κ3) is 3.91. The number of nitrogens with zero attached hydrogens (tertiary/aromatic N) is 3. The smallest absolute Gasteiger partial charge is 0.321 e. The number of aromatic nitrogens is 2. The van der Waals surface area contributed by atoms with Gasteiger partial charge in [0.1, 0.15) is 0 Å². The molecule has 2 amide bonds. The number of benzene rings is 2. The maximum absolute atomic E-state index is 12.6. The van der Waals surface area contributed by atoms with Crippen LogP contribution in [0.15, 0.2) is 36.4 Å². The molecular weight excluding hydrogens is 370 g/mol. The van der Waals surface area contributed by atoms with Gasteiger partial charge in [0.25, 0.3) is 0 Å². The number of anilines is 2. The van der Waals surface area contributed by atoms with E-state index in [0.717, 1.165) is 30.1 Å². The minimum Gasteiger partial charge on any atom is -0.493 e. The van der Waals surface area contributed by atoms with E-state index in [1.807, 2.05) is 6.07 Å². The Balaban J connectivity index is 1.38. The van der Waals surface area contributed by atoms with Crippen LogP contribution in [-0.4, -0.2) is 61.3 Å². The lowest BCUT2D eigenvalue weighted by Crippen LogP contribution is -2.50. The molecule has 2 aromatic carbocycles. The van der Waals surface area contributed by atoms with Crippen LogP contribution in [0.2, 0.25) is 0 Å². The number of carbonyl (C=O) groups is 1. The van der Waals surface area contributed by atoms with Crippen molar-refractivity contribution in [3.05, 3.63) is 42.0 Å². The molecule has 3 aromatic rings. The van der Waals surface area contributed by atoms with Gasteiger partial charge in [0, 0.05) is 37.9 Å². The number of H-pyrrole nitrogens is 1. The summed E-state index contributed by atoms with van der Waals surface area (Å²) in [6.07, 6.45) is 0. The molecule has 1 aliphatic rings. The molecule has 1 saturated heterocycles. The second kappa shape index (κ2) is 7.90. The lowest BCUT2D eigenvalue weighted by molar-refractivity contribution is 0.208. The van der Waals surface area contributed by atoms with Crippen molar-refractivity contribution in [2.24, 2.45) is 0 Å². The van der Waals surface area contributed by atoms with Crippen molar-refractivity contribution >= 4 is 28.7 Å². The van der Waals surface area contributed by atoms with Crippen LogP contribution in [0.25, 0.3) is 11.0 Å². The maximum atomic E-state index is 12.6. The minimum absolute atomic E-state index is 0.128. The summed E-state index contributed by atoms with van der Waals surface area (Å²) < 4.78 is 10.5. The Labute approximate surface area is 169 Å². The molecule has 2 N–H and O–H groups in total. The topological polar surface area (TPSA) is 82.7 Å². The van der Waals surface area contributed by atoms with Crippen molar-refractivity contribution in [2.45, 2.75) is 6.92 Å². The molecule has 0 saturated carbocycles. The number of fused-ring (bicyclic) bond motifs is 1. The van der Waals surface area contributed by atoms with Gasteiger partial charge < -0.3 is 29.6 Å². The van der Waals surface area contributed by atoms with Crippen molar-refractivity contribution in [2.75, 3.05) is 50.6 Å². The van der Waals surface area contributed by atoms with E-state index in [4.69, 9.17) is 9.47 Å². The number of hydrogen-bond donors (Lipinski definition) is 2. The highest BCUT2D eigenvalue weighted by molar-refractivity contribution is 5.90. The maximum Gasteiger partial charge on any atom is 0.321 e. The third-order valence-corrected chi connectivity index (χ3v) is 5.13. The number of carbonyl (C=O) groups excluding carboxylic acids is 1. The number of aromatic amines is 1. The largest absolute Gasteiger partial charge is 0.493 e. The van der Waals surface area contributed by atoms with Gasteiger partial charge in [0.05, 0.1) is 25.3 Å². The standard InChI is InChI=1S/C21H25N5O3/c1-14-4-6-16-17(12-14)24-20(23-16)25-8-10-26(11-9-25)21(27)22-15-5-7-18(28-2)19(13-15)29-3/h4-7,12-13H,8-11H2,1-3H3,(H,22,27)(H,23,24). The lowest BCUT2D eigenvalue weighted by atomic mass is 10.2. The second-order valence-electron chi connectivity index (χ2n) is 7.06. The molecule has 1 fully saturated rings. The Hall–Kier alpha value is -3.42. The van der Waals surface area contributed by atoms with Gasteiger partial charge in [-0.15, -0.1) is 0 Å². The van der Waals surface area contributed by atoms with Crippen molar-refractivity contribution in [1.29, 1.82) is 0 Å². The highest BCUT2D eigenvalue weighted by Crippen LogP contribution is 2.30. The van der Waals surface area contributed by atoms with E-state index < -0.39 is 0 Å². The summed E-state index contributed by atoms with van der Waals surface area (Å²) in [5, 5.41) is 2.93. The summed E-state index contributed by atoms with van der Waals surface area (Å²) >= 11 is 0. The van der Waals surface area contributed by atoms with Crippen molar-refractivity contribution in [3.63, 3.8) is 0 Å². The Morgan fingerprint density at radius 1 is 1.03 bits per heavy atom. The fraction of sp³-hybridized carbons (Fsp3) is 0.333. The molecule has 29 heavy (non-hydrogen) atoms. The highest BCUT2D eigenvalue weighted by Gasteiger charge is 2.23. The van der Waals surface area contributed by atoms with Crippen LogP contribution < -0.4 is 19.7 Å². The lowest BCUT2D eigenvalue weighted by Gasteiger charge is -2.34. The van der Waals surface area contributed by atoms with Crippen LogP contribution in [0.5, 0.6) is 11.5 Å². The summed E-state index contributed by atoms with van der Waals surface area (Å²) in [5.74, 6) is 2.06. The zero-order valence-corrected chi connectivity index (χ0v) is 16.9. The predicted octanol–water partition coefficient (Wildman–Crippen LogP) is 3.24. The first-order valence-corrected chi connectivity index (χ1v) is 9.56. The Morgan fingerprint density at radius 2 is 1.79 bits per heavy atom. The van der Waals surface area contributed by atoms with Crippen LogP contribution in [-0.2, 0) is 0 Å². The van der Waals surface area contributed by atoms with Gasteiger partial charge >= 0.3 is 6.03 Å². The molecule has 1 aromatic heterocycles. The molecule has 8 heteroatoms. The zero-order chi connectivity index (χ0) is 20.4. The number of amides is 2.